The van der Waals surface area contributed by atoms with Crippen LogP contribution in [0.25, 0.3) is 17.1 Å². The number of nitrogens with one attached hydrogen (secondary N) is 1. The lowest BCUT2D eigenvalue weighted by molar-refractivity contribution is 0.0946. The average molecular weight is 363 g/mol. The maximum atomic E-state index is 12.2. The van der Waals surface area contributed by atoms with Gasteiger partial charge in [0.25, 0.3) is 5.91 Å². The molecule has 1 amide bonds. The van der Waals surface area contributed by atoms with Gasteiger partial charge in [0.05, 0.1) is 13.7 Å². The molecule has 2 heterocycles. The van der Waals surface area contributed by atoms with Gasteiger partial charge in [-0.1, -0.05) is 6.07 Å². The molecule has 0 saturated heterocycles. The molecule has 4 rings (SSSR count). The van der Waals surface area contributed by atoms with Crippen molar-refractivity contribution in [3.63, 3.8) is 0 Å². The van der Waals surface area contributed by atoms with Gasteiger partial charge in [0.15, 0.2) is 11.5 Å². The largest absolute Gasteiger partial charge is 0.493 e. The van der Waals surface area contributed by atoms with Crippen LogP contribution in [0.4, 0.5) is 0 Å². The Labute approximate surface area is 157 Å². The van der Waals surface area contributed by atoms with Gasteiger partial charge in [0.1, 0.15) is 5.82 Å². The summed E-state index contributed by atoms with van der Waals surface area (Å²) in [6.07, 6.45) is 4.49. The molecule has 2 aromatic carbocycles. The van der Waals surface area contributed by atoms with Gasteiger partial charge in [-0.2, -0.15) is 0 Å². The highest BCUT2D eigenvalue weighted by Crippen LogP contribution is 2.33. The molecule has 0 aliphatic carbocycles. The third kappa shape index (κ3) is 3.14. The van der Waals surface area contributed by atoms with Gasteiger partial charge in [0.2, 0.25) is 0 Å². The number of aromatic nitrogens is 2. The number of ether oxygens (including phenoxy) is 2. The summed E-state index contributed by atoms with van der Waals surface area (Å²) in [5, 5.41) is 2.90. The molecule has 0 spiro atoms. The van der Waals surface area contributed by atoms with E-state index < -0.39 is 0 Å². The first kappa shape index (κ1) is 17.1. The lowest BCUT2D eigenvalue weighted by atomic mass is 9.99. The molecule has 1 aliphatic rings. The van der Waals surface area contributed by atoms with E-state index in [1.54, 1.807) is 13.3 Å². The van der Waals surface area contributed by atoms with Crippen molar-refractivity contribution < 1.29 is 14.3 Å². The topological polar surface area (TPSA) is 65.4 Å². The summed E-state index contributed by atoms with van der Waals surface area (Å²) in [6, 6.07) is 11.7. The fraction of sp³-hybridized carbons (Fsp3) is 0.238. The number of hydrogen-bond acceptors (Lipinski definition) is 4. The predicted octanol–water partition coefficient (Wildman–Crippen LogP) is 3.23. The zero-order valence-corrected chi connectivity index (χ0v) is 15.4. The molecule has 138 valence electrons. The van der Waals surface area contributed by atoms with E-state index in [0.29, 0.717) is 24.7 Å². The van der Waals surface area contributed by atoms with Crippen molar-refractivity contribution in [3.8, 4) is 28.6 Å². The molecule has 6 nitrogen and oxygen atoms in total. The molecular weight excluding hydrogens is 342 g/mol. The predicted molar refractivity (Wildman–Crippen MR) is 103 cm³/mol. The first-order chi connectivity index (χ1) is 13.2. The highest BCUT2D eigenvalue weighted by molar-refractivity contribution is 5.97. The van der Waals surface area contributed by atoms with Crippen molar-refractivity contribution in [1.82, 2.24) is 14.9 Å². The van der Waals surface area contributed by atoms with Crippen LogP contribution in [0.1, 0.15) is 22.8 Å². The number of imidazole rings is 1. The third-order valence-corrected chi connectivity index (χ3v) is 4.66. The number of nitrogens with zero attached hydrogens (tertiary/aromatic N) is 2. The van der Waals surface area contributed by atoms with E-state index in [1.807, 2.05) is 54.1 Å². The van der Waals surface area contributed by atoms with Crippen molar-refractivity contribution in [2.75, 3.05) is 20.3 Å². The highest BCUT2D eigenvalue weighted by atomic mass is 16.5. The van der Waals surface area contributed by atoms with E-state index in [2.05, 4.69) is 10.3 Å². The smallest absolute Gasteiger partial charge is 0.251 e. The number of benzene rings is 2. The number of fused-ring (bicyclic) bond motifs is 1. The van der Waals surface area contributed by atoms with Crippen molar-refractivity contribution >= 4 is 5.91 Å². The molecule has 27 heavy (non-hydrogen) atoms. The van der Waals surface area contributed by atoms with Gasteiger partial charge in [0, 0.05) is 35.8 Å². The van der Waals surface area contributed by atoms with Crippen LogP contribution < -0.4 is 14.8 Å². The molecule has 0 unspecified atom stereocenters. The second-order valence-corrected chi connectivity index (χ2v) is 6.27. The number of carbonyl (C=O) groups is 1. The maximum Gasteiger partial charge on any atom is 0.251 e. The quantitative estimate of drug-likeness (QED) is 0.756. The second-order valence-electron chi connectivity index (χ2n) is 6.27. The lowest BCUT2D eigenvalue weighted by Gasteiger charge is -2.18. The molecule has 0 fully saturated rings. The SMILES string of the molecule is CCOc1ccc(-c2nccn2-c2ccc3c(c2)C(=O)NCC3)cc1OC. The fourth-order valence-corrected chi connectivity index (χ4v) is 3.36. The number of rotatable bonds is 5. The van der Waals surface area contributed by atoms with Crippen molar-refractivity contribution in [2.45, 2.75) is 13.3 Å². The fourth-order valence-electron chi connectivity index (χ4n) is 3.36. The summed E-state index contributed by atoms with van der Waals surface area (Å²) >= 11 is 0. The minimum absolute atomic E-state index is 0.0255. The summed E-state index contributed by atoms with van der Waals surface area (Å²) in [5.41, 5.74) is 3.60. The van der Waals surface area contributed by atoms with Gasteiger partial charge in [-0.05, 0) is 49.2 Å². The van der Waals surface area contributed by atoms with Crippen molar-refractivity contribution in [2.24, 2.45) is 0 Å². The van der Waals surface area contributed by atoms with E-state index in [4.69, 9.17) is 9.47 Å². The van der Waals surface area contributed by atoms with Gasteiger partial charge in [-0.25, -0.2) is 4.98 Å². The van der Waals surface area contributed by atoms with E-state index in [1.165, 1.54) is 0 Å². The van der Waals surface area contributed by atoms with Gasteiger partial charge in [-0.3, -0.25) is 9.36 Å². The van der Waals surface area contributed by atoms with E-state index >= 15 is 0 Å². The zero-order valence-electron chi connectivity index (χ0n) is 15.4. The number of hydrogen-bond donors (Lipinski definition) is 1. The van der Waals surface area contributed by atoms with Crippen molar-refractivity contribution in [3.05, 3.63) is 59.9 Å². The number of amides is 1. The first-order valence-electron chi connectivity index (χ1n) is 8.97. The van der Waals surface area contributed by atoms with Crippen LogP contribution in [0, 0.1) is 0 Å². The molecule has 1 aromatic heterocycles. The minimum Gasteiger partial charge on any atom is -0.493 e. The molecule has 1 N–H and O–H groups in total. The Hall–Kier alpha value is -3.28. The Morgan fingerprint density at radius 2 is 2.07 bits per heavy atom. The van der Waals surface area contributed by atoms with Crippen LogP contribution in [0.2, 0.25) is 0 Å². The minimum atomic E-state index is -0.0255. The van der Waals surface area contributed by atoms with Crippen molar-refractivity contribution in [1.29, 1.82) is 0 Å². The van der Waals surface area contributed by atoms with Crippen LogP contribution in [0.5, 0.6) is 11.5 Å². The van der Waals surface area contributed by atoms with Crippen LogP contribution >= 0.6 is 0 Å². The monoisotopic (exact) mass is 363 g/mol. The molecule has 0 radical (unpaired) electrons. The first-order valence-corrected chi connectivity index (χ1v) is 8.97. The van der Waals surface area contributed by atoms with Gasteiger partial charge < -0.3 is 14.8 Å². The Morgan fingerprint density at radius 3 is 2.89 bits per heavy atom. The van der Waals surface area contributed by atoms with E-state index in [0.717, 1.165) is 34.6 Å². The number of methoxy groups -OCH3 is 1. The standard InChI is InChI=1S/C21H21N3O3/c1-3-27-18-7-5-15(12-19(18)26-2)20-22-10-11-24(20)16-6-4-14-8-9-23-21(25)17(14)13-16/h4-7,10-13H,3,8-9H2,1-2H3,(H,23,25). The summed E-state index contributed by atoms with van der Waals surface area (Å²) in [5.74, 6) is 2.11. The van der Waals surface area contributed by atoms with Crippen LogP contribution in [-0.2, 0) is 6.42 Å². The zero-order chi connectivity index (χ0) is 18.8. The lowest BCUT2D eigenvalue weighted by Crippen LogP contribution is -2.31. The van der Waals surface area contributed by atoms with Gasteiger partial charge in [-0.15, -0.1) is 0 Å². The van der Waals surface area contributed by atoms with Crippen LogP contribution in [0.15, 0.2) is 48.8 Å². The Morgan fingerprint density at radius 1 is 1.19 bits per heavy atom. The van der Waals surface area contributed by atoms with E-state index in [9.17, 15) is 4.79 Å². The average Bonchev–Trinajstić information content (AvgIpc) is 3.18. The van der Waals surface area contributed by atoms with Crippen LogP contribution in [-0.4, -0.2) is 35.7 Å². The Balaban J connectivity index is 1.76. The number of carbonyl (C=O) groups excluding carboxylic acids is 1. The third-order valence-electron chi connectivity index (χ3n) is 4.66. The molecule has 1 aliphatic heterocycles. The highest BCUT2D eigenvalue weighted by Gasteiger charge is 2.18. The summed E-state index contributed by atoms with van der Waals surface area (Å²) in [7, 11) is 1.62. The molecule has 0 atom stereocenters. The summed E-state index contributed by atoms with van der Waals surface area (Å²) in [6.45, 7) is 3.20. The van der Waals surface area contributed by atoms with Crippen LogP contribution in [0.3, 0.4) is 0 Å². The normalized spacial score (nSPS) is 13.0. The van der Waals surface area contributed by atoms with E-state index in [-0.39, 0.29) is 5.91 Å². The maximum absolute atomic E-state index is 12.2. The molecule has 0 bridgehead atoms. The summed E-state index contributed by atoms with van der Waals surface area (Å²) in [4.78, 5) is 16.7. The Kier molecular flexibility index (Phi) is 4.54. The summed E-state index contributed by atoms with van der Waals surface area (Å²) < 4.78 is 13.0. The molecule has 3 aromatic rings. The molecule has 6 heteroatoms. The Bertz CT molecular complexity index is 994. The second kappa shape index (κ2) is 7.15. The molecular formula is C21H21N3O3. The molecule has 0 saturated carbocycles. The van der Waals surface area contributed by atoms with Gasteiger partial charge >= 0.3 is 0 Å².